The fraction of sp³-hybridized carbons (Fsp3) is 0.267. The molecule has 0 aliphatic rings. The highest BCUT2D eigenvalue weighted by atomic mass is 16.1. The van der Waals surface area contributed by atoms with E-state index >= 15 is 0 Å². The quantitative estimate of drug-likeness (QED) is 0.930. The fourth-order valence-electron chi connectivity index (χ4n) is 1.88. The predicted molar refractivity (Wildman–Crippen MR) is 80.2 cm³/mol. The van der Waals surface area contributed by atoms with E-state index in [2.05, 4.69) is 15.3 Å². The van der Waals surface area contributed by atoms with Crippen LogP contribution in [0.1, 0.15) is 21.7 Å². The first-order valence-corrected chi connectivity index (χ1v) is 6.37. The maximum Gasteiger partial charge on any atom is 0.258 e. The van der Waals surface area contributed by atoms with E-state index in [0.29, 0.717) is 11.5 Å². The second kappa shape index (κ2) is 5.69. The lowest BCUT2D eigenvalue weighted by molar-refractivity contribution is 0.102. The third-order valence-corrected chi connectivity index (χ3v) is 2.83. The van der Waals surface area contributed by atoms with Crippen LogP contribution < -0.4 is 10.2 Å². The number of aromatic nitrogens is 2. The van der Waals surface area contributed by atoms with Crippen molar-refractivity contribution in [1.82, 2.24) is 9.97 Å². The smallest absolute Gasteiger partial charge is 0.258 e. The van der Waals surface area contributed by atoms with Crippen molar-refractivity contribution in [3.63, 3.8) is 0 Å². The summed E-state index contributed by atoms with van der Waals surface area (Å²) in [6, 6.07) is 9.27. The van der Waals surface area contributed by atoms with E-state index in [9.17, 15) is 4.79 Å². The molecule has 0 atom stereocenters. The summed E-state index contributed by atoms with van der Waals surface area (Å²) < 4.78 is 0. The molecule has 0 aliphatic carbocycles. The Labute approximate surface area is 118 Å². The standard InChI is InChI=1S/C15H18N4O/c1-10-8-11(2)17-15(16-10)18-14(20)12-6-5-7-13(9-12)19(3)4/h5-9H,1-4H3,(H,16,17,18,20). The molecular formula is C15H18N4O. The molecule has 104 valence electrons. The molecule has 20 heavy (non-hydrogen) atoms. The molecule has 0 radical (unpaired) electrons. The van der Waals surface area contributed by atoms with Gasteiger partial charge >= 0.3 is 0 Å². The van der Waals surface area contributed by atoms with Gasteiger partial charge in [-0.3, -0.25) is 10.1 Å². The van der Waals surface area contributed by atoms with Crippen LogP contribution in [0.15, 0.2) is 30.3 Å². The van der Waals surface area contributed by atoms with Crippen LogP contribution in [0.4, 0.5) is 11.6 Å². The molecule has 2 aromatic rings. The number of anilines is 2. The number of amides is 1. The van der Waals surface area contributed by atoms with Crippen LogP contribution in [0, 0.1) is 13.8 Å². The number of nitrogens with one attached hydrogen (secondary N) is 1. The van der Waals surface area contributed by atoms with Crippen LogP contribution in [-0.2, 0) is 0 Å². The second-order valence-electron chi connectivity index (χ2n) is 4.87. The van der Waals surface area contributed by atoms with Crippen molar-refractivity contribution < 1.29 is 4.79 Å². The number of nitrogens with zero attached hydrogens (tertiary/aromatic N) is 3. The van der Waals surface area contributed by atoms with Gasteiger partial charge in [0.1, 0.15) is 0 Å². The lowest BCUT2D eigenvalue weighted by Crippen LogP contribution is -2.16. The van der Waals surface area contributed by atoms with Crippen molar-refractivity contribution in [2.24, 2.45) is 0 Å². The third kappa shape index (κ3) is 3.32. The molecule has 5 heteroatoms. The molecule has 0 unspecified atom stereocenters. The first-order valence-electron chi connectivity index (χ1n) is 6.37. The molecule has 5 nitrogen and oxygen atoms in total. The van der Waals surface area contributed by atoms with Gasteiger partial charge in [0.05, 0.1) is 0 Å². The van der Waals surface area contributed by atoms with E-state index < -0.39 is 0 Å². The van der Waals surface area contributed by atoms with Crippen LogP contribution in [0.25, 0.3) is 0 Å². The highest BCUT2D eigenvalue weighted by molar-refractivity contribution is 6.03. The van der Waals surface area contributed by atoms with Gasteiger partial charge in [-0.1, -0.05) is 6.07 Å². The number of carbonyl (C=O) groups is 1. The lowest BCUT2D eigenvalue weighted by atomic mass is 10.2. The van der Waals surface area contributed by atoms with E-state index in [1.165, 1.54) is 0 Å². The highest BCUT2D eigenvalue weighted by Gasteiger charge is 2.09. The minimum atomic E-state index is -0.210. The van der Waals surface area contributed by atoms with Crippen molar-refractivity contribution in [2.45, 2.75) is 13.8 Å². The normalized spacial score (nSPS) is 10.2. The summed E-state index contributed by atoms with van der Waals surface area (Å²) in [5.74, 6) is 0.126. The topological polar surface area (TPSA) is 58.1 Å². The number of rotatable bonds is 3. The summed E-state index contributed by atoms with van der Waals surface area (Å²) in [6.07, 6.45) is 0. The summed E-state index contributed by atoms with van der Waals surface area (Å²) in [4.78, 5) is 22.6. The van der Waals surface area contributed by atoms with Gasteiger partial charge in [0, 0.05) is 36.7 Å². The predicted octanol–water partition coefficient (Wildman–Crippen LogP) is 2.41. The number of benzene rings is 1. The van der Waals surface area contributed by atoms with E-state index in [1.807, 2.05) is 57.1 Å². The van der Waals surface area contributed by atoms with Gasteiger partial charge in [0.2, 0.25) is 5.95 Å². The zero-order chi connectivity index (χ0) is 14.7. The Hall–Kier alpha value is -2.43. The van der Waals surface area contributed by atoms with Crippen molar-refractivity contribution in [3.8, 4) is 0 Å². The maximum absolute atomic E-state index is 12.2. The first-order chi connectivity index (χ1) is 9.45. The Balaban J connectivity index is 2.21. The number of aryl methyl sites for hydroxylation is 2. The molecule has 0 spiro atoms. The van der Waals surface area contributed by atoms with Crippen molar-refractivity contribution in [2.75, 3.05) is 24.3 Å². The van der Waals surface area contributed by atoms with Crippen molar-refractivity contribution >= 4 is 17.5 Å². The maximum atomic E-state index is 12.2. The Morgan fingerprint density at radius 1 is 1.10 bits per heavy atom. The number of hydrogen-bond acceptors (Lipinski definition) is 4. The number of hydrogen-bond donors (Lipinski definition) is 1. The average molecular weight is 270 g/mol. The van der Waals surface area contributed by atoms with E-state index in [4.69, 9.17) is 0 Å². The van der Waals surface area contributed by atoms with E-state index in [0.717, 1.165) is 17.1 Å². The molecule has 1 N–H and O–H groups in total. The van der Waals surface area contributed by atoms with Crippen LogP contribution in [0.2, 0.25) is 0 Å². The van der Waals surface area contributed by atoms with Gasteiger partial charge in [-0.05, 0) is 38.1 Å². The molecule has 1 heterocycles. The minimum Gasteiger partial charge on any atom is -0.378 e. The van der Waals surface area contributed by atoms with Crippen molar-refractivity contribution in [1.29, 1.82) is 0 Å². The molecule has 0 bridgehead atoms. The minimum absolute atomic E-state index is 0.210. The zero-order valence-corrected chi connectivity index (χ0v) is 12.1. The Bertz CT molecular complexity index is 617. The summed E-state index contributed by atoms with van der Waals surface area (Å²) in [6.45, 7) is 3.74. The lowest BCUT2D eigenvalue weighted by Gasteiger charge is -2.13. The van der Waals surface area contributed by atoms with Gasteiger partial charge < -0.3 is 4.90 Å². The molecule has 1 aromatic heterocycles. The summed E-state index contributed by atoms with van der Waals surface area (Å²) in [5, 5.41) is 2.73. The second-order valence-corrected chi connectivity index (χ2v) is 4.87. The summed E-state index contributed by atoms with van der Waals surface area (Å²) in [7, 11) is 3.87. The monoisotopic (exact) mass is 270 g/mol. The van der Waals surface area contributed by atoms with Crippen LogP contribution >= 0.6 is 0 Å². The van der Waals surface area contributed by atoms with Gasteiger partial charge in [-0.15, -0.1) is 0 Å². The van der Waals surface area contributed by atoms with E-state index in [-0.39, 0.29) is 5.91 Å². The molecule has 1 aromatic carbocycles. The molecular weight excluding hydrogens is 252 g/mol. The Kier molecular flexibility index (Phi) is 3.98. The molecule has 0 fully saturated rings. The largest absolute Gasteiger partial charge is 0.378 e. The zero-order valence-electron chi connectivity index (χ0n) is 12.1. The molecule has 1 amide bonds. The fourth-order valence-corrected chi connectivity index (χ4v) is 1.88. The molecule has 0 saturated carbocycles. The van der Waals surface area contributed by atoms with Gasteiger partial charge in [-0.2, -0.15) is 0 Å². The molecule has 2 rings (SSSR count). The summed E-state index contributed by atoms with van der Waals surface area (Å²) >= 11 is 0. The van der Waals surface area contributed by atoms with Crippen LogP contribution in [-0.4, -0.2) is 30.0 Å². The number of carbonyl (C=O) groups excluding carboxylic acids is 1. The third-order valence-electron chi connectivity index (χ3n) is 2.83. The summed E-state index contributed by atoms with van der Waals surface area (Å²) in [5.41, 5.74) is 3.21. The van der Waals surface area contributed by atoms with Gasteiger partial charge in [0.25, 0.3) is 5.91 Å². The first kappa shape index (κ1) is 14.0. The van der Waals surface area contributed by atoms with Gasteiger partial charge in [0.15, 0.2) is 0 Å². The molecule has 0 aliphatic heterocycles. The highest BCUT2D eigenvalue weighted by Crippen LogP contribution is 2.14. The van der Waals surface area contributed by atoms with Crippen LogP contribution in [0.3, 0.4) is 0 Å². The van der Waals surface area contributed by atoms with Gasteiger partial charge in [-0.25, -0.2) is 9.97 Å². The molecule has 0 saturated heterocycles. The van der Waals surface area contributed by atoms with E-state index in [1.54, 1.807) is 6.07 Å². The Morgan fingerprint density at radius 3 is 2.35 bits per heavy atom. The Morgan fingerprint density at radius 2 is 1.75 bits per heavy atom. The van der Waals surface area contributed by atoms with Crippen LogP contribution in [0.5, 0.6) is 0 Å². The average Bonchev–Trinajstić information content (AvgIpc) is 2.37. The van der Waals surface area contributed by atoms with Crippen molar-refractivity contribution in [3.05, 3.63) is 47.3 Å². The SMILES string of the molecule is Cc1cc(C)nc(NC(=O)c2cccc(N(C)C)c2)n1.